The van der Waals surface area contributed by atoms with Gasteiger partial charge in [-0.2, -0.15) is 0 Å². The third-order valence-corrected chi connectivity index (χ3v) is 2.93. The van der Waals surface area contributed by atoms with E-state index in [0.717, 1.165) is 11.6 Å². The summed E-state index contributed by atoms with van der Waals surface area (Å²) in [4.78, 5) is 0. The fourth-order valence-corrected chi connectivity index (χ4v) is 1.90. The van der Waals surface area contributed by atoms with Crippen molar-refractivity contribution in [2.45, 2.75) is 12.5 Å². The first kappa shape index (κ1) is 13.4. The van der Waals surface area contributed by atoms with Crippen molar-refractivity contribution >= 4 is 0 Å². The van der Waals surface area contributed by atoms with E-state index in [1.165, 1.54) is 12.1 Å². The summed E-state index contributed by atoms with van der Waals surface area (Å²) < 4.78 is 26.4. The number of aliphatic hydroxyl groups excluding tert-OH is 1. The molecule has 0 aliphatic rings. The lowest BCUT2D eigenvalue weighted by molar-refractivity contribution is 0.181. The summed E-state index contributed by atoms with van der Waals surface area (Å²) in [6.07, 6.45) is 1.49. The van der Waals surface area contributed by atoms with Gasteiger partial charge in [0.05, 0.1) is 6.10 Å². The lowest BCUT2D eigenvalue weighted by atomic mass is 10.0. The minimum Gasteiger partial charge on any atom is -0.388 e. The van der Waals surface area contributed by atoms with Gasteiger partial charge in [-0.15, -0.1) is 6.58 Å². The highest BCUT2D eigenvalue weighted by Gasteiger charge is 2.08. The van der Waals surface area contributed by atoms with Gasteiger partial charge in [0.2, 0.25) is 0 Å². The van der Waals surface area contributed by atoms with E-state index in [1.807, 2.05) is 0 Å². The van der Waals surface area contributed by atoms with Crippen LogP contribution in [0.4, 0.5) is 8.78 Å². The van der Waals surface area contributed by atoms with Crippen molar-refractivity contribution in [3.05, 3.63) is 72.3 Å². The van der Waals surface area contributed by atoms with Crippen LogP contribution in [0.5, 0.6) is 0 Å². The van der Waals surface area contributed by atoms with Gasteiger partial charge in [0.25, 0.3) is 0 Å². The van der Waals surface area contributed by atoms with Crippen LogP contribution in [0.3, 0.4) is 0 Å². The third kappa shape index (κ3) is 3.06. The van der Waals surface area contributed by atoms with Crippen LogP contribution in [0.2, 0.25) is 0 Å². The van der Waals surface area contributed by atoms with Gasteiger partial charge in [-0.05, 0) is 29.7 Å². The minimum absolute atomic E-state index is 0.339. The zero-order valence-electron chi connectivity index (χ0n) is 10.3. The molecular weight excluding hydrogens is 246 g/mol. The molecule has 1 N–H and O–H groups in total. The fourth-order valence-electron chi connectivity index (χ4n) is 1.90. The summed E-state index contributed by atoms with van der Waals surface area (Å²) in [5.74, 6) is -1.20. The Kier molecular flexibility index (Phi) is 4.07. The molecule has 0 radical (unpaired) electrons. The molecule has 98 valence electrons. The molecule has 0 aliphatic carbocycles. The molecule has 0 bridgehead atoms. The van der Waals surface area contributed by atoms with Crippen molar-refractivity contribution in [3.8, 4) is 11.1 Å². The van der Waals surface area contributed by atoms with Crippen molar-refractivity contribution < 1.29 is 13.9 Å². The predicted molar refractivity (Wildman–Crippen MR) is 71.6 cm³/mol. The Morgan fingerprint density at radius 2 is 1.79 bits per heavy atom. The van der Waals surface area contributed by atoms with Crippen molar-refractivity contribution in [2.75, 3.05) is 0 Å². The second-order valence-corrected chi connectivity index (χ2v) is 4.29. The smallest absolute Gasteiger partial charge is 0.133 e. The molecule has 0 saturated heterocycles. The molecule has 0 aromatic heterocycles. The summed E-state index contributed by atoms with van der Waals surface area (Å²) in [6.45, 7) is 3.57. The normalized spacial score (nSPS) is 12.2. The highest BCUT2D eigenvalue weighted by Crippen LogP contribution is 2.26. The van der Waals surface area contributed by atoms with Crippen LogP contribution >= 0.6 is 0 Å². The molecule has 0 fully saturated rings. The van der Waals surface area contributed by atoms with Gasteiger partial charge < -0.3 is 5.11 Å². The van der Waals surface area contributed by atoms with Crippen LogP contribution in [0.1, 0.15) is 18.1 Å². The molecule has 0 heterocycles. The Bertz CT molecular complexity index is 576. The summed E-state index contributed by atoms with van der Waals surface area (Å²) in [6, 6.07) is 10.4. The standard InChI is InChI=1S/C16H14F2O/c1-2-3-16(19)12-6-4-11(5-7-12)14-9-8-13(17)10-15(14)18/h2,4-10,16,19H,1,3H2/t16-/m1/s1. The second kappa shape index (κ2) is 5.76. The van der Waals surface area contributed by atoms with E-state index in [1.54, 1.807) is 30.3 Å². The average Bonchev–Trinajstić information content (AvgIpc) is 2.39. The molecule has 2 rings (SSSR count). The Morgan fingerprint density at radius 3 is 2.37 bits per heavy atom. The first-order valence-corrected chi connectivity index (χ1v) is 5.96. The Morgan fingerprint density at radius 1 is 1.11 bits per heavy atom. The van der Waals surface area contributed by atoms with E-state index in [0.29, 0.717) is 17.5 Å². The molecule has 0 unspecified atom stereocenters. The van der Waals surface area contributed by atoms with Crippen molar-refractivity contribution in [1.29, 1.82) is 0 Å². The molecule has 3 heteroatoms. The molecule has 2 aromatic rings. The van der Waals surface area contributed by atoms with Crippen molar-refractivity contribution in [1.82, 2.24) is 0 Å². The molecule has 0 amide bonds. The maximum atomic E-state index is 13.6. The van der Waals surface area contributed by atoms with Crippen LogP contribution in [-0.2, 0) is 0 Å². The van der Waals surface area contributed by atoms with Crippen LogP contribution in [0.25, 0.3) is 11.1 Å². The van der Waals surface area contributed by atoms with Crippen LogP contribution in [-0.4, -0.2) is 5.11 Å². The molecule has 1 atom stereocenters. The molecular formula is C16H14F2O. The second-order valence-electron chi connectivity index (χ2n) is 4.29. The first-order valence-electron chi connectivity index (χ1n) is 5.96. The Hall–Kier alpha value is -2.00. The fraction of sp³-hybridized carbons (Fsp3) is 0.125. The maximum Gasteiger partial charge on any atom is 0.133 e. The monoisotopic (exact) mass is 260 g/mol. The topological polar surface area (TPSA) is 20.2 Å². The summed E-state index contributed by atoms with van der Waals surface area (Å²) >= 11 is 0. The zero-order valence-corrected chi connectivity index (χ0v) is 10.3. The first-order chi connectivity index (χ1) is 9.11. The summed E-state index contributed by atoms with van der Waals surface area (Å²) in [7, 11) is 0. The van der Waals surface area contributed by atoms with Gasteiger partial charge in [0.15, 0.2) is 0 Å². The Labute approximate surface area is 110 Å². The van der Waals surface area contributed by atoms with Gasteiger partial charge in [-0.1, -0.05) is 30.3 Å². The number of aliphatic hydroxyl groups is 1. The third-order valence-electron chi connectivity index (χ3n) is 2.93. The zero-order chi connectivity index (χ0) is 13.8. The van der Waals surface area contributed by atoms with E-state index < -0.39 is 17.7 Å². The highest BCUT2D eigenvalue weighted by atomic mass is 19.1. The van der Waals surface area contributed by atoms with Gasteiger partial charge in [-0.25, -0.2) is 8.78 Å². The number of hydrogen-bond acceptors (Lipinski definition) is 1. The number of hydrogen-bond donors (Lipinski definition) is 1. The largest absolute Gasteiger partial charge is 0.388 e. The Balaban J connectivity index is 2.29. The summed E-state index contributed by atoms with van der Waals surface area (Å²) in [5, 5.41) is 9.78. The molecule has 0 spiro atoms. The van der Waals surface area contributed by atoms with Crippen LogP contribution < -0.4 is 0 Å². The summed E-state index contributed by atoms with van der Waals surface area (Å²) in [5.41, 5.74) is 1.73. The molecule has 19 heavy (non-hydrogen) atoms. The van der Waals surface area contributed by atoms with E-state index in [4.69, 9.17) is 0 Å². The van der Waals surface area contributed by atoms with E-state index in [-0.39, 0.29) is 0 Å². The van der Waals surface area contributed by atoms with Crippen molar-refractivity contribution in [2.24, 2.45) is 0 Å². The van der Waals surface area contributed by atoms with E-state index >= 15 is 0 Å². The molecule has 0 aliphatic heterocycles. The number of halogens is 2. The minimum atomic E-state index is -0.607. The highest BCUT2D eigenvalue weighted by molar-refractivity contribution is 5.64. The van der Waals surface area contributed by atoms with Gasteiger partial charge in [-0.3, -0.25) is 0 Å². The lowest BCUT2D eigenvalue weighted by Crippen LogP contribution is -1.95. The van der Waals surface area contributed by atoms with E-state index in [2.05, 4.69) is 6.58 Å². The maximum absolute atomic E-state index is 13.6. The van der Waals surface area contributed by atoms with E-state index in [9.17, 15) is 13.9 Å². The van der Waals surface area contributed by atoms with Crippen LogP contribution in [0.15, 0.2) is 55.1 Å². The molecule has 2 aromatic carbocycles. The molecule has 1 nitrogen and oxygen atoms in total. The predicted octanol–water partition coefficient (Wildman–Crippen LogP) is 4.24. The number of rotatable bonds is 4. The lowest BCUT2D eigenvalue weighted by Gasteiger charge is -2.10. The van der Waals surface area contributed by atoms with Gasteiger partial charge in [0.1, 0.15) is 11.6 Å². The quantitative estimate of drug-likeness (QED) is 0.815. The molecule has 0 saturated carbocycles. The van der Waals surface area contributed by atoms with Crippen molar-refractivity contribution in [3.63, 3.8) is 0 Å². The van der Waals surface area contributed by atoms with Gasteiger partial charge in [0, 0.05) is 11.6 Å². The van der Waals surface area contributed by atoms with Gasteiger partial charge >= 0.3 is 0 Å². The number of benzene rings is 2. The van der Waals surface area contributed by atoms with Crippen LogP contribution in [0, 0.1) is 11.6 Å². The average molecular weight is 260 g/mol. The SMILES string of the molecule is C=CC[C@@H](O)c1ccc(-c2ccc(F)cc2F)cc1.